The van der Waals surface area contributed by atoms with Crippen LogP contribution in [0.4, 0.5) is 0 Å². The molecule has 164 valence electrons. The number of amides is 3. The van der Waals surface area contributed by atoms with Crippen molar-refractivity contribution >= 4 is 23.5 Å². The van der Waals surface area contributed by atoms with E-state index in [0.717, 1.165) is 6.42 Å². The monoisotopic (exact) mass is 411 g/mol. The molecule has 2 aliphatic heterocycles. The molecule has 2 rings (SSSR count). The number of rotatable bonds is 9. The van der Waals surface area contributed by atoms with Gasteiger partial charge in [0.1, 0.15) is 18.8 Å². The summed E-state index contributed by atoms with van der Waals surface area (Å²) in [5.74, 6) is -1.95. The van der Waals surface area contributed by atoms with Gasteiger partial charge in [-0.15, -0.1) is 0 Å². The van der Waals surface area contributed by atoms with E-state index < -0.39 is 42.4 Å². The average Bonchev–Trinajstić information content (AvgIpc) is 3.31. The molecule has 0 spiro atoms. The number of nitrogens with one attached hydrogen (secondary N) is 3. The number of hydrogen-bond donors (Lipinski definition) is 4. The van der Waals surface area contributed by atoms with E-state index in [2.05, 4.69) is 16.0 Å². The molecular weight excluding hydrogens is 378 g/mol. The van der Waals surface area contributed by atoms with Crippen molar-refractivity contribution in [3.8, 4) is 0 Å². The smallest absolute Gasteiger partial charge is 0.249 e. The number of ether oxygens (including phenoxy) is 1. The number of hydrogen-bond acceptors (Lipinski definition) is 6. The van der Waals surface area contributed by atoms with Crippen LogP contribution in [0.5, 0.6) is 0 Å². The normalized spacial score (nSPS) is 23.9. The minimum absolute atomic E-state index is 0.124. The van der Waals surface area contributed by atoms with E-state index in [0.29, 0.717) is 32.4 Å². The van der Waals surface area contributed by atoms with Crippen molar-refractivity contribution in [1.82, 2.24) is 16.0 Å². The third kappa shape index (κ3) is 7.08. The zero-order valence-corrected chi connectivity index (χ0v) is 17.5. The molecule has 9 nitrogen and oxygen atoms in total. The first-order chi connectivity index (χ1) is 13.6. The highest BCUT2D eigenvalue weighted by Crippen LogP contribution is 2.22. The van der Waals surface area contributed by atoms with Crippen LogP contribution in [0.1, 0.15) is 52.9 Å². The molecule has 9 heteroatoms. The van der Waals surface area contributed by atoms with Crippen LogP contribution in [-0.2, 0) is 23.9 Å². The highest BCUT2D eigenvalue weighted by Gasteiger charge is 2.35. The second-order valence-corrected chi connectivity index (χ2v) is 9.03. The number of aliphatic hydroxyl groups excluding tert-OH is 1. The van der Waals surface area contributed by atoms with Crippen LogP contribution in [-0.4, -0.2) is 66.6 Å². The molecule has 0 aromatic rings. The summed E-state index contributed by atoms with van der Waals surface area (Å²) in [6, 6.07) is -1.83. The van der Waals surface area contributed by atoms with Crippen molar-refractivity contribution < 1.29 is 29.0 Å². The minimum Gasteiger partial charge on any atom is -0.389 e. The van der Waals surface area contributed by atoms with Gasteiger partial charge in [-0.3, -0.25) is 19.2 Å². The fraction of sp³-hybridized carbons (Fsp3) is 0.800. The number of carbonyl (C=O) groups excluding carboxylic acids is 4. The Morgan fingerprint density at radius 1 is 1.21 bits per heavy atom. The standard InChI is InChI=1S/C20H33N3O6/c1-20(2,3)10-14(23-19(28)16-5-4-8-29-16)18(27)22-13(15(25)11-24)9-12-6-7-21-17(12)26/h12-14,16,24H,4-11H2,1-3H3,(H,21,26)(H,22,27)(H,23,28)/t12?,13-,14-,16+/m0/s1. The molecule has 4 atom stereocenters. The van der Waals surface area contributed by atoms with E-state index in [1.54, 1.807) is 0 Å². The van der Waals surface area contributed by atoms with Gasteiger partial charge in [-0.25, -0.2) is 0 Å². The largest absolute Gasteiger partial charge is 0.389 e. The summed E-state index contributed by atoms with van der Waals surface area (Å²) in [4.78, 5) is 49.5. The second-order valence-electron chi connectivity index (χ2n) is 9.03. The van der Waals surface area contributed by atoms with E-state index in [9.17, 15) is 24.3 Å². The van der Waals surface area contributed by atoms with Crippen LogP contribution in [0, 0.1) is 11.3 Å². The zero-order valence-electron chi connectivity index (χ0n) is 17.5. The third-order valence-electron chi connectivity index (χ3n) is 5.22. The van der Waals surface area contributed by atoms with E-state index in [1.807, 2.05) is 20.8 Å². The molecule has 4 N–H and O–H groups in total. The quantitative estimate of drug-likeness (QED) is 0.410. The molecule has 2 saturated heterocycles. The van der Waals surface area contributed by atoms with Gasteiger partial charge >= 0.3 is 0 Å². The van der Waals surface area contributed by atoms with Gasteiger partial charge in [0.05, 0.1) is 6.04 Å². The van der Waals surface area contributed by atoms with Crippen LogP contribution in [0.2, 0.25) is 0 Å². The average molecular weight is 411 g/mol. The van der Waals surface area contributed by atoms with Crippen LogP contribution >= 0.6 is 0 Å². The summed E-state index contributed by atoms with van der Waals surface area (Å²) in [5.41, 5.74) is -0.256. The second kappa shape index (κ2) is 10.2. The number of carbonyl (C=O) groups is 4. The van der Waals surface area contributed by atoms with Gasteiger partial charge < -0.3 is 25.8 Å². The molecule has 0 bridgehead atoms. The number of Topliss-reactive ketones (excluding diaryl/α,β-unsaturated/α-hetero) is 1. The first-order valence-electron chi connectivity index (χ1n) is 10.2. The van der Waals surface area contributed by atoms with E-state index in [4.69, 9.17) is 4.74 Å². The highest BCUT2D eigenvalue weighted by atomic mass is 16.5. The van der Waals surface area contributed by atoms with Crippen molar-refractivity contribution in [2.24, 2.45) is 11.3 Å². The van der Waals surface area contributed by atoms with Gasteiger partial charge in [-0.2, -0.15) is 0 Å². The Bertz CT molecular complexity index is 624. The molecule has 29 heavy (non-hydrogen) atoms. The van der Waals surface area contributed by atoms with E-state index in [1.165, 1.54) is 0 Å². The van der Waals surface area contributed by atoms with Crippen LogP contribution in [0.15, 0.2) is 0 Å². The van der Waals surface area contributed by atoms with Crippen LogP contribution in [0.25, 0.3) is 0 Å². The first kappa shape index (κ1) is 23.3. The molecule has 0 radical (unpaired) electrons. The third-order valence-corrected chi connectivity index (χ3v) is 5.22. The predicted octanol–water partition coefficient (Wildman–Crippen LogP) is -0.341. The molecule has 0 aliphatic carbocycles. The lowest BCUT2D eigenvalue weighted by Crippen LogP contribution is -2.55. The summed E-state index contributed by atoms with van der Waals surface area (Å²) in [5, 5.41) is 17.4. The molecule has 0 aromatic heterocycles. The molecule has 0 aromatic carbocycles. The van der Waals surface area contributed by atoms with Gasteiger partial charge in [0, 0.05) is 19.1 Å². The van der Waals surface area contributed by atoms with Crippen molar-refractivity contribution in [1.29, 1.82) is 0 Å². The Labute approximate surface area is 171 Å². The lowest BCUT2D eigenvalue weighted by molar-refractivity contribution is -0.136. The summed E-state index contributed by atoms with van der Waals surface area (Å²) >= 11 is 0. The highest BCUT2D eigenvalue weighted by molar-refractivity contribution is 5.94. The molecule has 3 amide bonds. The number of aliphatic hydroxyl groups is 1. The molecule has 1 unspecified atom stereocenters. The Balaban J connectivity index is 2.08. The Kier molecular flexibility index (Phi) is 8.15. The van der Waals surface area contributed by atoms with Gasteiger partial charge in [0.2, 0.25) is 17.7 Å². The van der Waals surface area contributed by atoms with Crippen molar-refractivity contribution in [3.05, 3.63) is 0 Å². The van der Waals surface area contributed by atoms with Crippen molar-refractivity contribution in [2.75, 3.05) is 19.8 Å². The molecular formula is C20H33N3O6. The summed E-state index contributed by atoms with van der Waals surface area (Å²) < 4.78 is 5.39. The van der Waals surface area contributed by atoms with Gasteiger partial charge in [-0.05, 0) is 37.5 Å². The van der Waals surface area contributed by atoms with Gasteiger partial charge in [0.25, 0.3) is 0 Å². The Hall–Kier alpha value is -2.00. The lowest BCUT2D eigenvalue weighted by atomic mass is 9.87. The maximum absolute atomic E-state index is 13.0. The number of ketones is 1. The molecule has 2 heterocycles. The predicted molar refractivity (Wildman–Crippen MR) is 105 cm³/mol. The van der Waals surface area contributed by atoms with E-state index >= 15 is 0 Å². The maximum atomic E-state index is 13.0. The van der Waals surface area contributed by atoms with Gasteiger partial charge in [-0.1, -0.05) is 20.8 Å². The fourth-order valence-corrected chi connectivity index (χ4v) is 3.68. The SMILES string of the molecule is CC(C)(C)C[C@H](NC(=O)[C@H]1CCCO1)C(=O)N[C@@H](CC1CCNC1=O)C(=O)CO. The summed E-state index contributed by atoms with van der Waals surface area (Å²) in [6.45, 7) is 6.16. The molecule has 2 fully saturated rings. The summed E-state index contributed by atoms with van der Waals surface area (Å²) in [6.07, 6.45) is 1.90. The maximum Gasteiger partial charge on any atom is 0.249 e. The van der Waals surface area contributed by atoms with Crippen LogP contribution in [0.3, 0.4) is 0 Å². The fourth-order valence-electron chi connectivity index (χ4n) is 3.68. The molecule has 2 aliphatic rings. The lowest BCUT2D eigenvalue weighted by Gasteiger charge is -2.29. The Morgan fingerprint density at radius 2 is 1.93 bits per heavy atom. The van der Waals surface area contributed by atoms with Crippen molar-refractivity contribution in [3.63, 3.8) is 0 Å². The van der Waals surface area contributed by atoms with Crippen molar-refractivity contribution in [2.45, 2.75) is 71.1 Å². The molecule has 0 saturated carbocycles. The van der Waals surface area contributed by atoms with Gasteiger partial charge in [0.15, 0.2) is 5.78 Å². The first-order valence-corrected chi connectivity index (χ1v) is 10.2. The Morgan fingerprint density at radius 3 is 2.45 bits per heavy atom. The summed E-state index contributed by atoms with van der Waals surface area (Å²) in [7, 11) is 0. The van der Waals surface area contributed by atoms with E-state index in [-0.39, 0.29) is 23.7 Å². The zero-order chi connectivity index (χ0) is 21.6. The van der Waals surface area contributed by atoms with Crippen LogP contribution < -0.4 is 16.0 Å². The topological polar surface area (TPSA) is 134 Å². The minimum atomic E-state index is -0.983.